The van der Waals surface area contributed by atoms with Gasteiger partial charge in [-0.05, 0) is 34.5 Å². The van der Waals surface area contributed by atoms with Crippen LogP contribution in [-0.2, 0) is 11.2 Å². The van der Waals surface area contributed by atoms with E-state index in [-0.39, 0.29) is 5.97 Å². The van der Waals surface area contributed by atoms with Crippen LogP contribution >= 0.6 is 11.3 Å². The Morgan fingerprint density at radius 3 is 2.67 bits per heavy atom. The van der Waals surface area contributed by atoms with E-state index < -0.39 is 0 Å². The monoisotopic (exact) mass is 218 g/mol. The number of thiophene rings is 1. The number of hydrogen-bond donors (Lipinski definition) is 0. The second kappa shape index (κ2) is 4.75. The molecule has 0 unspecified atom stereocenters. The second-order valence-corrected chi connectivity index (χ2v) is 3.88. The zero-order valence-electron chi connectivity index (χ0n) is 8.05. The van der Waals surface area contributed by atoms with E-state index in [1.54, 1.807) is 23.5 Å². The lowest BCUT2D eigenvalue weighted by molar-refractivity contribution is -0.133. The molecule has 76 valence electrons. The SMILES string of the molecule is O=C(Cc1ccsc1)Oc1ccccc1. The van der Waals surface area contributed by atoms with Crippen molar-refractivity contribution >= 4 is 17.3 Å². The van der Waals surface area contributed by atoms with Crippen LogP contribution in [0.5, 0.6) is 5.75 Å². The van der Waals surface area contributed by atoms with Gasteiger partial charge in [-0.1, -0.05) is 18.2 Å². The van der Waals surface area contributed by atoms with Crippen LogP contribution in [0.2, 0.25) is 0 Å². The molecule has 0 aliphatic heterocycles. The Morgan fingerprint density at radius 2 is 2.00 bits per heavy atom. The first-order chi connectivity index (χ1) is 7.34. The normalized spacial score (nSPS) is 9.87. The molecular formula is C12H10O2S. The molecule has 0 saturated carbocycles. The summed E-state index contributed by atoms with van der Waals surface area (Å²) < 4.78 is 5.15. The maximum Gasteiger partial charge on any atom is 0.315 e. The van der Waals surface area contributed by atoms with Gasteiger partial charge in [-0.2, -0.15) is 11.3 Å². The molecule has 0 radical (unpaired) electrons. The number of carbonyl (C=O) groups is 1. The molecule has 0 atom stereocenters. The average Bonchev–Trinajstić information content (AvgIpc) is 2.71. The lowest BCUT2D eigenvalue weighted by Gasteiger charge is -2.02. The Labute approximate surface area is 92.1 Å². The summed E-state index contributed by atoms with van der Waals surface area (Å²) in [5, 5.41) is 3.90. The molecule has 15 heavy (non-hydrogen) atoms. The minimum absolute atomic E-state index is 0.223. The van der Waals surface area contributed by atoms with Gasteiger partial charge in [0.25, 0.3) is 0 Å². The van der Waals surface area contributed by atoms with E-state index in [4.69, 9.17) is 4.74 Å². The van der Waals surface area contributed by atoms with Crippen LogP contribution in [0.25, 0.3) is 0 Å². The van der Waals surface area contributed by atoms with Crippen molar-refractivity contribution < 1.29 is 9.53 Å². The van der Waals surface area contributed by atoms with Crippen molar-refractivity contribution in [2.45, 2.75) is 6.42 Å². The third-order valence-electron chi connectivity index (χ3n) is 1.90. The number of esters is 1. The minimum Gasteiger partial charge on any atom is -0.426 e. The maximum absolute atomic E-state index is 11.5. The predicted octanol–water partition coefficient (Wildman–Crippen LogP) is 2.90. The lowest BCUT2D eigenvalue weighted by Crippen LogP contribution is -2.10. The van der Waals surface area contributed by atoms with E-state index in [1.807, 2.05) is 35.0 Å². The molecule has 0 aliphatic rings. The topological polar surface area (TPSA) is 26.3 Å². The molecule has 0 amide bonds. The van der Waals surface area contributed by atoms with Crippen molar-refractivity contribution in [1.29, 1.82) is 0 Å². The first-order valence-corrected chi connectivity index (χ1v) is 5.56. The van der Waals surface area contributed by atoms with Crippen LogP contribution in [0, 0.1) is 0 Å². The van der Waals surface area contributed by atoms with Crippen molar-refractivity contribution in [3.63, 3.8) is 0 Å². The predicted molar refractivity (Wildman–Crippen MR) is 60.1 cm³/mol. The van der Waals surface area contributed by atoms with E-state index in [0.717, 1.165) is 5.56 Å². The molecular weight excluding hydrogens is 208 g/mol. The van der Waals surface area contributed by atoms with Gasteiger partial charge in [0.15, 0.2) is 0 Å². The van der Waals surface area contributed by atoms with Crippen molar-refractivity contribution in [3.05, 3.63) is 52.7 Å². The molecule has 0 aliphatic carbocycles. The highest BCUT2D eigenvalue weighted by molar-refractivity contribution is 7.07. The molecule has 3 heteroatoms. The van der Waals surface area contributed by atoms with Crippen LogP contribution in [0.3, 0.4) is 0 Å². The quantitative estimate of drug-likeness (QED) is 0.585. The third-order valence-corrected chi connectivity index (χ3v) is 2.64. The maximum atomic E-state index is 11.5. The number of hydrogen-bond acceptors (Lipinski definition) is 3. The summed E-state index contributed by atoms with van der Waals surface area (Å²) in [5.74, 6) is 0.373. The molecule has 1 heterocycles. The summed E-state index contributed by atoms with van der Waals surface area (Å²) in [6, 6.07) is 11.0. The molecule has 2 nitrogen and oxygen atoms in total. The van der Waals surface area contributed by atoms with E-state index in [2.05, 4.69) is 0 Å². The largest absolute Gasteiger partial charge is 0.426 e. The fourth-order valence-corrected chi connectivity index (χ4v) is 1.88. The van der Waals surface area contributed by atoms with Gasteiger partial charge in [0.1, 0.15) is 5.75 Å². The Bertz CT molecular complexity index is 420. The molecule has 2 rings (SSSR count). The van der Waals surface area contributed by atoms with Crippen LogP contribution < -0.4 is 4.74 Å². The van der Waals surface area contributed by atoms with Crippen molar-refractivity contribution in [3.8, 4) is 5.75 Å². The number of carbonyl (C=O) groups excluding carboxylic acids is 1. The Morgan fingerprint density at radius 1 is 1.20 bits per heavy atom. The number of rotatable bonds is 3. The van der Waals surface area contributed by atoms with Crippen LogP contribution in [0.1, 0.15) is 5.56 Å². The van der Waals surface area contributed by atoms with Gasteiger partial charge < -0.3 is 4.74 Å². The smallest absolute Gasteiger partial charge is 0.315 e. The van der Waals surface area contributed by atoms with Gasteiger partial charge in [-0.3, -0.25) is 4.79 Å². The van der Waals surface area contributed by atoms with Crippen LogP contribution in [0.4, 0.5) is 0 Å². The zero-order chi connectivity index (χ0) is 10.5. The standard InChI is InChI=1S/C12H10O2S/c13-12(8-10-6-7-15-9-10)14-11-4-2-1-3-5-11/h1-7,9H,8H2. The number of benzene rings is 1. The third kappa shape index (κ3) is 2.92. The van der Waals surface area contributed by atoms with Crippen LogP contribution in [0.15, 0.2) is 47.2 Å². The van der Waals surface area contributed by atoms with Gasteiger partial charge >= 0.3 is 5.97 Å². The number of ether oxygens (including phenoxy) is 1. The van der Waals surface area contributed by atoms with E-state index >= 15 is 0 Å². The summed E-state index contributed by atoms with van der Waals surface area (Å²) >= 11 is 1.58. The highest BCUT2D eigenvalue weighted by Gasteiger charge is 2.05. The molecule has 1 aromatic heterocycles. The fraction of sp³-hybridized carbons (Fsp3) is 0.0833. The van der Waals surface area contributed by atoms with Gasteiger partial charge in [-0.25, -0.2) is 0 Å². The number of para-hydroxylation sites is 1. The molecule has 0 saturated heterocycles. The highest BCUT2D eigenvalue weighted by atomic mass is 32.1. The molecule has 0 bridgehead atoms. The summed E-state index contributed by atoms with van der Waals surface area (Å²) in [4.78, 5) is 11.5. The first kappa shape index (κ1) is 9.93. The Balaban J connectivity index is 1.94. The second-order valence-electron chi connectivity index (χ2n) is 3.10. The fourth-order valence-electron chi connectivity index (χ4n) is 1.22. The molecule has 1 aromatic carbocycles. The van der Waals surface area contributed by atoms with Crippen LogP contribution in [-0.4, -0.2) is 5.97 Å². The van der Waals surface area contributed by atoms with Crippen molar-refractivity contribution in [2.75, 3.05) is 0 Å². The zero-order valence-corrected chi connectivity index (χ0v) is 8.87. The minimum atomic E-state index is -0.223. The Kier molecular flexibility index (Phi) is 3.15. The van der Waals surface area contributed by atoms with Gasteiger partial charge in [0.2, 0.25) is 0 Å². The summed E-state index contributed by atoms with van der Waals surface area (Å²) in [7, 11) is 0. The van der Waals surface area contributed by atoms with Gasteiger partial charge in [0, 0.05) is 0 Å². The van der Waals surface area contributed by atoms with E-state index in [1.165, 1.54) is 0 Å². The van der Waals surface area contributed by atoms with E-state index in [9.17, 15) is 4.79 Å². The van der Waals surface area contributed by atoms with E-state index in [0.29, 0.717) is 12.2 Å². The summed E-state index contributed by atoms with van der Waals surface area (Å²) in [6.45, 7) is 0. The molecule has 2 aromatic rings. The Hall–Kier alpha value is -1.61. The first-order valence-electron chi connectivity index (χ1n) is 4.61. The molecule has 0 fully saturated rings. The van der Waals surface area contributed by atoms with Crippen molar-refractivity contribution in [2.24, 2.45) is 0 Å². The summed E-state index contributed by atoms with van der Waals surface area (Å²) in [5.41, 5.74) is 1.00. The summed E-state index contributed by atoms with van der Waals surface area (Å²) in [6.07, 6.45) is 0.332. The lowest BCUT2D eigenvalue weighted by atomic mass is 10.2. The van der Waals surface area contributed by atoms with Gasteiger partial charge in [-0.15, -0.1) is 0 Å². The van der Waals surface area contributed by atoms with Gasteiger partial charge in [0.05, 0.1) is 6.42 Å². The molecule has 0 N–H and O–H groups in total. The molecule has 0 spiro atoms. The average molecular weight is 218 g/mol. The van der Waals surface area contributed by atoms with Crippen molar-refractivity contribution in [1.82, 2.24) is 0 Å². The highest BCUT2D eigenvalue weighted by Crippen LogP contribution is 2.11.